The molecule has 1 atom stereocenters. The average molecular weight is 330 g/mol. The van der Waals surface area contributed by atoms with Crippen LogP contribution in [0.2, 0.25) is 0 Å². The van der Waals surface area contributed by atoms with Gasteiger partial charge in [-0.3, -0.25) is 9.89 Å². The molecule has 0 saturated carbocycles. The maximum atomic E-state index is 5.12. The molecule has 1 aromatic rings. The molecule has 1 aromatic heterocycles. The molecule has 1 saturated heterocycles. The van der Waals surface area contributed by atoms with Crippen LogP contribution in [0.25, 0.3) is 0 Å². The van der Waals surface area contributed by atoms with Crippen molar-refractivity contribution in [3.63, 3.8) is 0 Å². The van der Waals surface area contributed by atoms with E-state index in [4.69, 9.17) is 9.41 Å². The Morgan fingerprint density at radius 1 is 1.29 bits per heavy atom. The Bertz CT molecular complexity index is 637. The molecule has 2 aliphatic heterocycles. The first kappa shape index (κ1) is 17.2. The van der Waals surface area contributed by atoms with Crippen LogP contribution in [0.5, 0.6) is 0 Å². The van der Waals surface area contributed by atoms with Crippen molar-refractivity contribution in [1.29, 1.82) is 0 Å². The number of piperazine rings is 1. The second-order valence-electron chi connectivity index (χ2n) is 8.27. The van der Waals surface area contributed by atoms with Gasteiger partial charge >= 0.3 is 0 Å². The zero-order chi connectivity index (χ0) is 17.5. The van der Waals surface area contributed by atoms with E-state index in [1.165, 1.54) is 23.5 Å². The number of amidine groups is 1. The average Bonchev–Trinajstić information content (AvgIpc) is 2.97. The molecule has 0 aliphatic carbocycles. The molecule has 5 heteroatoms. The molecule has 0 radical (unpaired) electrons. The number of aliphatic imine (C=N–C) groups is 1. The maximum Gasteiger partial charge on any atom is 0.180 e. The molecule has 2 aliphatic rings. The number of oxazole rings is 1. The van der Waals surface area contributed by atoms with Gasteiger partial charge in [0.15, 0.2) is 6.39 Å². The Balaban J connectivity index is 1.92. The summed E-state index contributed by atoms with van der Waals surface area (Å²) in [7, 11) is 0. The molecule has 0 N–H and O–H groups in total. The van der Waals surface area contributed by atoms with Crippen LogP contribution in [0.4, 0.5) is 0 Å². The van der Waals surface area contributed by atoms with Crippen LogP contribution in [-0.2, 0) is 6.54 Å². The third-order valence-electron chi connectivity index (χ3n) is 4.86. The SMILES string of the molecule is CC(C)C1=N[C@@H](C)C(C(C)(C)C)=C2CN(Cc3cocn3)CCN12. The summed E-state index contributed by atoms with van der Waals surface area (Å²) in [6, 6.07) is 0.251. The molecule has 5 nitrogen and oxygen atoms in total. The smallest absolute Gasteiger partial charge is 0.180 e. The van der Waals surface area contributed by atoms with Crippen molar-refractivity contribution in [2.45, 2.75) is 54.1 Å². The van der Waals surface area contributed by atoms with Crippen LogP contribution in [-0.4, -0.2) is 46.3 Å². The number of rotatable bonds is 3. The zero-order valence-electron chi connectivity index (χ0n) is 15.8. The molecule has 0 spiro atoms. The fourth-order valence-corrected chi connectivity index (χ4v) is 4.01. The first-order valence-corrected chi connectivity index (χ1v) is 8.95. The summed E-state index contributed by atoms with van der Waals surface area (Å²) in [6.07, 6.45) is 3.26. The first-order valence-electron chi connectivity index (χ1n) is 8.95. The van der Waals surface area contributed by atoms with Gasteiger partial charge in [0.25, 0.3) is 0 Å². The van der Waals surface area contributed by atoms with Crippen molar-refractivity contribution in [2.24, 2.45) is 16.3 Å². The summed E-state index contributed by atoms with van der Waals surface area (Å²) in [5.74, 6) is 1.69. The Hall–Kier alpha value is -1.62. The van der Waals surface area contributed by atoms with Crippen LogP contribution in [0.15, 0.2) is 33.3 Å². The van der Waals surface area contributed by atoms with Gasteiger partial charge < -0.3 is 9.32 Å². The van der Waals surface area contributed by atoms with Gasteiger partial charge in [0.2, 0.25) is 0 Å². The molecule has 0 aromatic carbocycles. The standard InChI is InChI=1S/C19H30N4O/c1-13(2)18-21-14(3)17(19(4,5)6)16-10-22(7-8-23(16)18)9-15-11-24-12-20-15/h11-14H,7-10H2,1-6H3/t14-/m0/s1. The molecule has 3 rings (SSSR count). The molecular formula is C19H30N4O. The lowest BCUT2D eigenvalue weighted by molar-refractivity contribution is 0.196. The van der Waals surface area contributed by atoms with E-state index in [0.717, 1.165) is 31.9 Å². The highest BCUT2D eigenvalue weighted by Crippen LogP contribution is 2.38. The number of hydrogen-bond donors (Lipinski definition) is 0. The van der Waals surface area contributed by atoms with E-state index in [0.29, 0.717) is 5.92 Å². The lowest BCUT2D eigenvalue weighted by atomic mass is 9.79. The largest absolute Gasteiger partial charge is 0.451 e. The molecular weight excluding hydrogens is 300 g/mol. The minimum atomic E-state index is 0.121. The van der Waals surface area contributed by atoms with Crippen LogP contribution < -0.4 is 0 Å². The fourth-order valence-electron chi connectivity index (χ4n) is 4.01. The van der Waals surface area contributed by atoms with E-state index >= 15 is 0 Å². The van der Waals surface area contributed by atoms with Crippen molar-refractivity contribution < 1.29 is 4.42 Å². The Morgan fingerprint density at radius 2 is 2.04 bits per heavy atom. The molecule has 0 bridgehead atoms. The highest BCUT2D eigenvalue weighted by Gasteiger charge is 2.37. The van der Waals surface area contributed by atoms with E-state index in [1.54, 1.807) is 6.26 Å². The first-order chi connectivity index (χ1) is 11.3. The normalized spacial score (nSPS) is 22.9. The number of aromatic nitrogens is 1. The van der Waals surface area contributed by atoms with Crippen molar-refractivity contribution in [3.8, 4) is 0 Å². The lowest BCUT2D eigenvalue weighted by Gasteiger charge is -2.46. The summed E-state index contributed by atoms with van der Waals surface area (Å²) >= 11 is 0. The van der Waals surface area contributed by atoms with Crippen molar-refractivity contribution in [1.82, 2.24) is 14.8 Å². The lowest BCUT2D eigenvalue weighted by Crippen LogP contribution is -2.52. The molecule has 132 valence electrons. The van der Waals surface area contributed by atoms with Gasteiger partial charge in [-0.1, -0.05) is 34.6 Å². The molecule has 0 amide bonds. The molecule has 24 heavy (non-hydrogen) atoms. The zero-order valence-corrected chi connectivity index (χ0v) is 15.8. The quantitative estimate of drug-likeness (QED) is 0.850. The van der Waals surface area contributed by atoms with Gasteiger partial charge in [-0.05, 0) is 17.9 Å². The van der Waals surface area contributed by atoms with Gasteiger partial charge in [-0.15, -0.1) is 0 Å². The van der Waals surface area contributed by atoms with Gasteiger partial charge in [0.1, 0.15) is 12.1 Å². The summed E-state index contributed by atoms with van der Waals surface area (Å²) in [4.78, 5) is 14.3. The van der Waals surface area contributed by atoms with Gasteiger partial charge in [-0.25, -0.2) is 4.98 Å². The van der Waals surface area contributed by atoms with Crippen molar-refractivity contribution in [3.05, 3.63) is 29.6 Å². The van der Waals surface area contributed by atoms with Crippen LogP contribution >= 0.6 is 0 Å². The Kier molecular flexibility index (Phi) is 4.56. The third kappa shape index (κ3) is 3.27. The van der Waals surface area contributed by atoms with Gasteiger partial charge in [0.05, 0.1) is 11.7 Å². The molecule has 1 fully saturated rings. The van der Waals surface area contributed by atoms with E-state index in [9.17, 15) is 0 Å². The van der Waals surface area contributed by atoms with Crippen LogP contribution in [0.3, 0.4) is 0 Å². The number of hydrogen-bond acceptors (Lipinski definition) is 5. The highest BCUT2D eigenvalue weighted by molar-refractivity contribution is 5.87. The monoisotopic (exact) mass is 330 g/mol. The van der Waals surface area contributed by atoms with E-state index in [2.05, 4.69) is 56.3 Å². The minimum absolute atomic E-state index is 0.121. The maximum absolute atomic E-state index is 5.12. The minimum Gasteiger partial charge on any atom is -0.451 e. The number of fused-ring (bicyclic) bond motifs is 1. The van der Waals surface area contributed by atoms with E-state index in [1.807, 2.05) is 0 Å². The summed E-state index contributed by atoms with van der Waals surface area (Å²) in [5.41, 5.74) is 4.04. The summed E-state index contributed by atoms with van der Waals surface area (Å²) in [5, 5.41) is 0. The van der Waals surface area contributed by atoms with Crippen molar-refractivity contribution in [2.75, 3.05) is 19.6 Å². The Morgan fingerprint density at radius 3 is 2.62 bits per heavy atom. The highest BCUT2D eigenvalue weighted by atomic mass is 16.3. The fraction of sp³-hybridized carbons (Fsp3) is 0.684. The van der Waals surface area contributed by atoms with E-state index in [-0.39, 0.29) is 11.5 Å². The second-order valence-corrected chi connectivity index (χ2v) is 8.27. The Labute approximate surface area is 145 Å². The predicted molar refractivity (Wildman–Crippen MR) is 96.7 cm³/mol. The second kappa shape index (κ2) is 6.36. The molecule has 3 heterocycles. The molecule has 0 unspecified atom stereocenters. The number of nitrogens with zero attached hydrogens (tertiary/aromatic N) is 4. The summed E-state index contributed by atoms with van der Waals surface area (Å²) < 4.78 is 5.12. The van der Waals surface area contributed by atoms with Crippen LogP contribution in [0.1, 0.15) is 47.2 Å². The van der Waals surface area contributed by atoms with Crippen molar-refractivity contribution >= 4 is 5.84 Å². The topological polar surface area (TPSA) is 44.9 Å². The third-order valence-corrected chi connectivity index (χ3v) is 4.86. The van der Waals surface area contributed by atoms with E-state index < -0.39 is 0 Å². The summed E-state index contributed by atoms with van der Waals surface area (Å²) in [6.45, 7) is 17.4. The van der Waals surface area contributed by atoms with Crippen LogP contribution in [0, 0.1) is 11.3 Å². The van der Waals surface area contributed by atoms with Gasteiger partial charge in [-0.2, -0.15) is 0 Å². The predicted octanol–water partition coefficient (Wildman–Crippen LogP) is 3.55. The van der Waals surface area contributed by atoms with Gasteiger partial charge in [0, 0.05) is 37.8 Å².